The topological polar surface area (TPSA) is 32.8 Å². The van der Waals surface area contributed by atoms with Crippen LogP contribution in [0.1, 0.15) is 43.2 Å². The Kier molecular flexibility index (Phi) is 5.91. The van der Waals surface area contributed by atoms with E-state index in [1.165, 1.54) is 43.4 Å². The highest BCUT2D eigenvalue weighted by molar-refractivity contribution is 5.76. The molecule has 0 bridgehead atoms. The van der Waals surface area contributed by atoms with E-state index in [0.29, 0.717) is 11.8 Å². The predicted octanol–water partition coefficient (Wildman–Crippen LogP) is 3.10. The maximum absolute atomic E-state index is 12.8. The Bertz CT molecular complexity index is 604. The summed E-state index contributed by atoms with van der Waals surface area (Å²) in [6, 6.07) is 8.55. The van der Waals surface area contributed by atoms with E-state index in [0.717, 1.165) is 58.2 Å². The summed E-state index contributed by atoms with van der Waals surface area (Å²) >= 11 is 0. The Labute approximate surface area is 157 Å². The third-order valence-corrected chi connectivity index (χ3v) is 6.42. The van der Waals surface area contributed by atoms with Crippen molar-refractivity contribution in [1.29, 1.82) is 0 Å². The molecule has 1 aromatic carbocycles. The minimum atomic E-state index is 0.360. The number of nitrogens with zero attached hydrogens (tertiary/aromatic N) is 2. The number of piperidine rings is 1. The maximum Gasteiger partial charge on any atom is 0.223 e. The average molecular weight is 357 g/mol. The quantitative estimate of drug-likeness (QED) is 0.831. The van der Waals surface area contributed by atoms with Crippen molar-refractivity contribution in [3.63, 3.8) is 0 Å². The number of amides is 1. The van der Waals surface area contributed by atoms with Crippen molar-refractivity contribution in [3.05, 3.63) is 35.4 Å². The van der Waals surface area contributed by atoms with Gasteiger partial charge in [-0.1, -0.05) is 24.3 Å². The van der Waals surface area contributed by atoms with Crippen molar-refractivity contribution < 1.29 is 9.53 Å². The minimum absolute atomic E-state index is 0.360. The van der Waals surface area contributed by atoms with Crippen LogP contribution >= 0.6 is 0 Å². The number of likely N-dealkylation sites (tertiary alicyclic amines) is 1. The molecule has 1 amide bonds. The molecule has 2 saturated heterocycles. The molecular weight excluding hydrogens is 324 g/mol. The van der Waals surface area contributed by atoms with Crippen molar-refractivity contribution in [2.45, 2.75) is 45.1 Å². The summed E-state index contributed by atoms with van der Waals surface area (Å²) in [6.45, 7) is 7.06. The molecule has 2 fully saturated rings. The van der Waals surface area contributed by atoms with Gasteiger partial charge in [0.15, 0.2) is 0 Å². The summed E-state index contributed by atoms with van der Waals surface area (Å²) in [4.78, 5) is 17.4. The summed E-state index contributed by atoms with van der Waals surface area (Å²) in [7, 11) is 0. The number of hydrogen-bond donors (Lipinski definition) is 0. The number of rotatable bonds is 4. The fourth-order valence-corrected chi connectivity index (χ4v) is 4.77. The third kappa shape index (κ3) is 4.47. The maximum atomic E-state index is 12.8. The van der Waals surface area contributed by atoms with Gasteiger partial charge in [-0.05, 0) is 68.2 Å². The van der Waals surface area contributed by atoms with Gasteiger partial charge in [0.25, 0.3) is 0 Å². The van der Waals surface area contributed by atoms with Crippen LogP contribution in [0.4, 0.5) is 0 Å². The fraction of sp³-hybridized carbons (Fsp3) is 0.682. The van der Waals surface area contributed by atoms with Crippen LogP contribution in [-0.2, 0) is 22.5 Å². The lowest BCUT2D eigenvalue weighted by Crippen LogP contribution is -2.41. The van der Waals surface area contributed by atoms with Gasteiger partial charge in [-0.25, -0.2) is 0 Å². The second-order valence-corrected chi connectivity index (χ2v) is 8.37. The first-order chi connectivity index (χ1) is 12.8. The molecular formula is C22H32N2O2. The van der Waals surface area contributed by atoms with Gasteiger partial charge in [-0.2, -0.15) is 0 Å². The number of benzene rings is 1. The molecule has 0 aliphatic carbocycles. The van der Waals surface area contributed by atoms with Gasteiger partial charge in [0.2, 0.25) is 5.91 Å². The van der Waals surface area contributed by atoms with E-state index < -0.39 is 0 Å². The van der Waals surface area contributed by atoms with Crippen molar-refractivity contribution in [1.82, 2.24) is 9.80 Å². The van der Waals surface area contributed by atoms with Crippen molar-refractivity contribution in [2.24, 2.45) is 11.8 Å². The lowest BCUT2D eigenvalue weighted by atomic mass is 9.91. The first kappa shape index (κ1) is 18.0. The molecule has 3 aliphatic heterocycles. The molecule has 4 nitrogen and oxygen atoms in total. The number of ether oxygens (including phenoxy) is 1. The molecule has 0 spiro atoms. The normalized spacial score (nSPS) is 25.1. The highest BCUT2D eigenvalue weighted by atomic mass is 16.5. The molecule has 4 rings (SSSR count). The van der Waals surface area contributed by atoms with Gasteiger partial charge in [0.05, 0.1) is 6.61 Å². The summed E-state index contributed by atoms with van der Waals surface area (Å²) in [5.74, 6) is 1.65. The zero-order chi connectivity index (χ0) is 17.8. The predicted molar refractivity (Wildman–Crippen MR) is 103 cm³/mol. The number of carbonyl (C=O) groups excluding carboxylic acids is 1. The second-order valence-electron chi connectivity index (χ2n) is 8.37. The number of carbonyl (C=O) groups is 1. The zero-order valence-corrected chi connectivity index (χ0v) is 15.9. The van der Waals surface area contributed by atoms with Gasteiger partial charge >= 0.3 is 0 Å². The third-order valence-electron chi connectivity index (χ3n) is 6.42. The van der Waals surface area contributed by atoms with Crippen molar-refractivity contribution >= 4 is 5.91 Å². The standard InChI is InChI=1S/C22H32N2O2/c25-22(24-12-9-20-5-1-2-6-21(20)16-24)14-18-7-10-23(11-8-18)15-19-4-3-13-26-17-19/h1-2,5-6,18-19H,3-4,7-17H2. The van der Waals surface area contributed by atoms with E-state index in [9.17, 15) is 4.79 Å². The monoisotopic (exact) mass is 356 g/mol. The smallest absolute Gasteiger partial charge is 0.223 e. The van der Waals surface area contributed by atoms with Crippen LogP contribution in [0.5, 0.6) is 0 Å². The van der Waals surface area contributed by atoms with Crippen molar-refractivity contribution in [2.75, 3.05) is 39.4 Å². The molecule has 0 saturated carbocycles. The van der Waals surface area contributed by atoms with E-state index >= 15 is 0 Å². The summed E-state index contributed by atoms with van der Waals surface area (Å²) in [5, 5.41) is 0. The molecule has 3 aliphatic rings. The van der Waals surface area contributed by atoms with Crippen LogP contribution in [0.3, 0.4) is 0 Å². The van der Waals surface area contributed by atoms with Gasteiger partial charge in [0.1, 0.15) is 0 Å². The lowest BCUT2D eigenvalue weighted by Gasteiger charge is -2.36. The van der Waals surface area contributed by atoms with Gasteiger partial charge < -0.3 is 14.5 Å². The van der Waals surface area contributed by atoms with E-state index in [2.05, 4.69) is 34.1 Å². The number of fused-ring (bicyclic) bond motifs is 1. The molecule has 0 N–H and O–H groups in total. The Hall–Kier alpha value is -1.39. The highest BCUT2D eigenvalue weighted by Crippen LogP contribution is 2.25. The van der Waals surface area contributed by atoms with Crippen molar-refractivity contribution in [3.8, 4) is 0 Å². The van der Waals surface area contributed by atoms with Crippen LogP contribution in [0.15, 0.2) is 24.3 Å². The molecule has 1 unspecified atom stereocenters. The van der Waals surface area contributed by atoms with E-state index in [1.54, 1.807) is 0 Å². The largest absolute Gasteiger partial charge is 0.381 e. The Morgan fingerprint density at radius 1 is 1.04 bits per heavy atom. The van der Waals surface area contributed by atoms with Gasteiger partial charge in [-0.3, -0.25) is 4.79 Å². The molecule has 142 valence electrons. The summed E-state index contributed by atoms with van der Waals surface area (Å²) in [5.41, 5.74) is 2.74. The molecule has 0 aromatic heterocycles. The molecule has 1 aromatic rings. The molecule has 0 radical (unpaired) electrons. The van der Waals surface area contributed by atoms with Crippen LogP contribution < -0.4 is 0 Å². The zero-order valence-electron chi connectivity index (χ0n) is 15.9. The summed E-state index contributed by atoms with van der Waals surface area (Å²) < 4.78 is 5.61. The molecule has 3 heterocycles. The summed E-state index contributed by atoms with van der Waals surface area (Å²) in [6.07, 6.45) is 6.61. The SMILES string of the molecule is O=C(CC1CCN(CC2CCCOC2)CC1)N1CCc2ccccc2C1. The van der Waals surface area contributed by atoms with Crippen LogP contribution in [0.25, 0.3) is 0 Å². The highest BCUT2D eigenvalue weighted by Gasteiger charge is 2.27. The van der Waals surface area contributed by atoms with E-state index in [4.69, 9.17) is 4.74 Å². The molecule has 1 atom stereocenters. The van der Waals surface area contributed by atoms with E-state index in [-0.39, 0.29) is 0 Å². The van der Waals surface area contributed by atoms with Crippen LogP contribution in [-0.4, -0.2) is 55.1 Å². The Balaban J connectivity index is 1.21. The van der Waals surface area contributed by atoms with Crippen LogP contribution in [0.2, 0.25) is 0 Å². The Morgan fingerprint density at radius 2 is 1.85 bits per heavy atom. The van der Waals surface area contributed by atoms with E-state index in [1.807, 2.05) is 0 Å². The molecule has 4 heteroatoms. The van der Waals surface area contributed by atoms with Gasteiger partial charge in [0, 0.05) is 32.7 Å². The minimum Gasteiger partial charge on any atom is -0.381 e. The Morgan fingerprint density at radius 3 is 2.62 bits per heavy atom. The first-order valence-electron chi connectivity index (χ1n) is 10.4. The van der Waals surface area contributed by atoms with Crippen LogP contribution in [0, 0.1) is 11.8 Å². The second kappa shape index (κ2) is 8.53. The average Bonchev–Trinajstić information content (AvgIpc) is 2.70. The number of hydrogen-bond acceptors (Lipinski definition) is 3. The lowest BCUT2D eigenvalue weighted by molar-refractivity contribution is -0.133. The fourth-order valence-electron chi connectivity index (χ4n) is 4.77. The molecule has 26 heavy (non-hydrogen) atoms. The van der Waals surface area contributed by atoms with Gasteiger partial charge in [-0.15, -0.1) is 0 Å². The first-order valence-corrected chi connectivity index (χ1v) is 10.4.